The fourth-order valence-corrected chi connectivity index (χ4v) is 5.05. The maximum Gasteiger partial charge on any atom is 0.340 e. The molecule has 5 rings (SSSR count). The van der Waals surface area contributed by atoms with Crippen molar-refractivity contribution < 1.29 is 33.3 Å². The predicted molar refractivity (Wildman–Crippen MR) is 127 cm³/mol. The minimum absolute atomic E-state index is 0.171. The molecular weight excluding hydrogens is 448 g/mol. The monoisotopic (exact) mass is 474 g/mol. The van der Waals surface area contributed by atoms with Crippen LogP contribution < -0.4 is 0 Å². The molecule has 0 radical (unpaired) electrons. The molecule has 7 nitrogen and oxygen atoms in total. The Morgan fingerprint density at radius 1 is 1.03 bits per heavy atom. The molecule has 2 bridgehead atoms. The lowest BCUT2D eigenvalue weighted by molar-refractivity contribution is -0.162. The molecule has 0 aromatic heterocycles. The van der Waals surface area contributed by atoms with E-state index >= 15 is 0 Å². The highest BCUT2D eigenvalue weighted by molar-refractivity contribution is 5.93. The Morgan fingerprint density at radius 3 is 2.57 bits per heavy atom. The van der Waals surface area contributed by atoms with Gasteiger partial charge in [0, 0.05) is 31.1 Å². The Morgan fingerprint density at radius 2 is 1.80 bits per heavy atom. The maximum absolute atomic E-state index is 13.4. The first-order chi connectivity index (χ1) is 16.8. The number of rotatable bonds is 4. The van der Waals surface area contributed by atoms with E-state index in [1.54, 1.807) is 12.2 Å². The summed E-state index contributed by atoms with van der Waals surface area (Å²) in [7, 11) is 1.45. The van der Waals surface area contributed by atoms with Crippen LogP contribution in [0.1, 0.15) is 31.4 Å². The van der Waals surface area contributed by atoms with Crippen LogP contribution in [0.2, 0.25) is 0 Å². The molecule has 2 aromatic rings. The summed E-state index contributed by atoms with van der Waals surface area (Å²) in [5.74, 6) is -2.20. The first-order valence-corrected chi connectivity index (χ1v) is 11.5. The van der Waals surface area contributed by atoms with Crippen LogP contribution in [0.15, 0.2) is 77.9 Å². The van der Waals surface area contributed by atoms with Gasteiger partial charge in [0.1, 0.15) is 18.3 Å². The molecule has 0 amide bonds. The fraction of sp³-hybridized carbons (Fsp3) is 0.321. The molecule has 2 aliphatic heterocycles. The van der Waals surface area contributed by atoms with Gasteiger partial charge < -0.3 is 18.9 Å². The molecule has 2 aromatic carbocycles. The van der Waals surface area contributed by atoms with Crippen molar-refractivity contribution in [2.75, 3.05) is 7.11 Å². The van der Waals surface area contributed by atoms with Crippen LogP contribution in [-0.2, 0) is 33.3 Å². The van der Waals surface area contributed by atoms with E-state index in [-0.39, 0.29) is 12.0 Å². The van der Waals surface area contributed by atoms with Gasteiger partial charge in [0.05, 0.1) is 5.92 Å². The lowest BCUT2D eigenvalue weighted by atomic mass is 9.85. The molecule has 1 aliphatic carbocycles. The van der Waals surface area contributed by atoms with E-state index in [4.69, 9.17) is 18.9 Å². The zero-order chi connectivity index (χ0) is 24.7. The molecule has 3 aliphatic rings. The van der Waals surface area contributed by atoms with Gasteiger partial charge in [-0.05, 0) is 41.5 Å². The number of methoxy groups -OCH3 is 1. The van der Waals surface area contributed by atoms with Crippen LogP contribution in [0.3, 0.4) is 0 Å². The van der Waals surface area contributed by atoms with Crippen molar-refractivity contribution in [2.24, 2.45) is 5.92 Å². The highest BCUT2D eigenvalue weighted by atomic mass is 16.6. The summed E-state index contributed by atoms with van der Waals surface area (Å²) < 4.78 is 22.5. The van der Waals surface area contributed by atoms with Crippen molar-refractivity contribution in [1.29, 1.82) is 0 Å². The van der Waals surface area contributed by atoms with Gasteiger partial charge in [-0.3, -0.25) is 0 Å². The van der Waals surface area contributed by atoms with Crippen LogP contribution in [-0.4, -0.2) is 43.3 Å². The van der Waals surface area contributed by atoms with Crippen LogP contribution in [0.5, 0.6) is 0 Å². The van der Waals surface area contributed by atoms with E-state index in [1.165, 1.54) is 7.11 Å². The lowest BCUT2D eigenvalue weighted by Gasteiger charge is -2.27. The summed E-state index contributed by atoms with van der Waals surface area (Å²) in [4.78, 5) is 38.1. The van der Waals surface area contributed by atoms with Gasteiger partial charge in [-0.25, -0.2) is 14.4 Å². The molecule has 0 N–H and O–H groups in total. The van der Waals surface area contributed by atoms with Crippen molar-refractivity contribution in [3.8, 4) is 0 Å². The SMILES string of the molecule is C=C1C(=O)O[C@H]2CC3=C[C@@H](C/C(C)=C/[C@@H](OC(=O)[C@@H](OC)c4ccc5ccccc5c4)[C@H]12)OC3=O. The molecule has 180 valence electrons. The predicted octanol–water partition coefficient (Wildman–Crippen LogP) is 4.13. The average Bonchev–Trinajstić information content (AvgIpc) is 3.30. The van der Waals surface area contributed by atoms with Gasteiger partial charge in [-0.15, -0.1) is 0 Å². The standard InChI is InChI=1S/C28H26O7/c1-15-10-21-13-20(27(30)33-21)14-23-24(16(2)26(29)34-23)22(11-15)35-28(31)25(32-3)19-9-8-17-6-4-5-7-18(17)12-19/h4-9,11-13,21-25H,2,10,14H2,1,3H3/b15-11+/t21-,22-,23+,24+,25+/m1/s1. The van der Waals surface area contributed by atoms with E-state index in [1.807, 2.05) is 49.4 Å². The van der Waals surface area contributed by atoms with Crippen LogP contribution >= 0.6 is 0 Å². The highest BCUT2D eigenvalue weighted by Crippen LogP contribution is 2.39. The van der Waals surface area contributed by atoms with E-state index in [0.29, 0.717) is 17.6 Å². The van der Waals surface area contributed by atoms with Gasteiger partial charge in [-0.1, -0.05) is 48.6 Å². The summed E-state index contributed by atoms with van der Waals surface area (Å²) in [5.41, 5.74) is 2.18. The molecule has 35 heavy (non-hydrogen) atoms. The number of carbonyl (C=O) groups is 3. The Labute approximate surface area is 203 Å². The molecule has 0 spiro atoms. The smallest absolute Gasteiger partial charge is 0.340 e. The van der Waals surface area contributed by atoms with Crippen molar-refractivity contribution in [3.05, 3.63) is 83.5 Å². The molecular formula is C28H26O7. The third-order valence-electron chi connectivity index (χ3n) is 6.76. The fourth-order valence-electron chi connectivity index (χ4n) is 5.05. The van der Waals surface area contributed by atoms with Gasteiger partial charge >= 0.3 is 17.9 Å². The van der Waals surface area contributed by atoms with Crippen molar-refractivity contribution >= 4 is 28.7 Å². The topological polar surface area (TPSA) is 88.1 Å². The van der Waals surface area contributed by atoms with Gasteiger partial charge in [0.15, 0.2) is 6.10 Å². The Balaban J connectivity index is 1.46. The highest BCUT2D eigenvalue weighted by Gasteiger charge is 2.47. The van der Waals surface area contributed by atoms with Crippen LogP contribution in [0.25, 0.3) is 10.8 Å². The van der Waals surface area contributed by atoms with Gasteiger partial charge in [-0.2, -0.15) is 0 Å². The second-order valence-electron chi connectivity index (χ2n) is 9.18. The quantitative estimate of drug-likeness (QED) is 0.285. The summed E-state index contributed by atoms with van der Waals surface area (Å²) in [5, 5.41) is 2.03. The summed E-state index contributed by atoms with van der Waals surface area (Å²) in [6.45, 7) is 5.77. The Bertz CT molecular complexity index is 1290. The number of benzene rings is 2. The summed E-state index contributed by atoms with van der Waals surface area (Å²) in [6.07, 6.45) is 1.32. The Hall–Kier alpha value is -3.71. The first-order valence-electron chi connectivity index (χ1n) is 11.5. The Kier molecular flexibility index (Phi) is 6.03. The molecule has 2 heterocycles. The minimum atomic E-state index is -0.961. The van der Waals surface area contributed by atoms with Gasteiger partial charge in [0.2, 0.25) is 0 Å². The van der Waals surface area contributed by atoms with E-state index in [9.17, 15) is 14.4 Å². The molecule has 1 saturated heterocycles. The first kappa shape index (κ1) is 23.1. The zero-order valence-corrected chi connectivity index (χ0v) is 19.6. The third-order valence-corrected chi connectivity index (χ3v) is 6.76. The normalized spacial score (nSPS) is 28.3. The van der Waals surface area contributed by atoms with Gasteiger partial charge in [0.25, 0.3) is 0 Å². The van der Waals surface area contributed by atoms with E-state index in [2.05, 4.69) is 6.58 Å². The van der Waals surface area contributed by atoms with E-state index < -0.39 is 48.2 Å². The third kappa shape index (κ3) is 4.39. The number of fused-ring (bicyclic) bond motifs is 3. The number of hydrogen-bond acceptors (Lipinski definition) is 7. The number of esters is 3. The van der Waals surface area contributed by atoms with Crippen molar-refractivity contribution in [1.82, 2.24) is 0 Å². The van der Waals surface area contributed by atoms with Crippen LogP contribution in [0.4, 0.5) is 0 Å². The molecule has 5 atom stereocenters. The summed E-state index contributed by atoms with van der Waals surface area (Å²) in [6, 6.07) is 13.5. The second kappa shape index (κ2) is 9.15. The molecule has 1 fully saturated rings. The number of carbonyl (C=O) groups excluding carboxylic acids is 3. The largest absolute Gasteiger partial charge is 0.458 e. The maximum atomic E-state index is 13.4. The zero-order valence-electron chi connectivity index (χ0n) is 19.6. The van der Waals surface area contributed by atoms with Crippen LogP contribution in [0, 0.1) is 5.92 Å². The minimum Gasteiger partial charge on any atom is -0.458 e. The second-order valence-corrected chi connectivity index (χ2v) is 9.18. The molecule has 0 unspecified atom stereocenters. The lowest BCUT2D eigenvalue weighted by Crippen LogP contribution is -2.34. The summed E-state index contributed by atoms with van der Waals surface area (Å²) >= 11 is 0. The molecule has 7 heteroatoms. The number of ether oxygens (including phenoxy) is 4. The molecule has 0 saturated carbocycles. The van der Waals surface area contributed by atoms with E-state index in [0.717, 1.165) is 16.3 Å². The number of hydrogen-bond donors (Lipinski definition) is 0. The van der Waals surface area contributed by atoms with Crippen molar-refractivity contribution in [2.45, 2.75) is 44.2 Å². The average molecular weight is 475 g/mol. The van der Waals surface area contributed by atoms with Crippen molar-refractivity contribution in [3.63, 3.8) is 0 Å².